The fourth-order valence-corrected chi connectivity index (χ4v) is 2.96. The van der Waals surface area contributed by atoms with Crippen molar-refractivity contribution in [2.24, 2.45) is 11.7 Å². The van der Waals surface area contributed by atoms with Crippen molar-refractivity contribution in [2.45, 2.75) is 59.5 Å². The Morgan fingerprint density at radius 3 is 2.00 bits per heavy atom. The first-order valence-corrected chi connectivity index (χ1v) is 8.05. The van der Waals surface area contributed by atoms with E-state index < -0.39 is 0 Å². The highest BCUT2D eigenvalue weighted by Gasteiger charge is 2.25. The van der Waals surface area contributed by atoms with Crippen LogP contribution in [0.25, 0.3) is 0 Å². The van der Waals surface area contributed by atoms with Crippen LogP contribution in [0.1, 0.15) is 57.7 Å². The Labute approximate surface area is 125 Å². The average molecular weight is 276 g/mol. The lowest BCUT2D eigenvalue weighted by Gasteiger charge is -2.38. The van der Waals surface area contributed by atoms with E-state index in [4.69, 9.17) is 5.73 Å². The lowest BCUT2D eigenvalue weighted by atomic mass is 9.98. The zero-order chi connectivity index (χ0) is 15.1. The van der Waals surface area contributed by atoms with E-state index in [2.05, 4.69) is 63.8 Å². The molecule has 0 aromatic heterocycles. The molecular weight excluding hydrogens is 244 g/mol. The van der Waals surface area contributed by atoms with Crippen molar-refractivity contribution in [3.05, 3.63) is 35.4 Å². The predicted octanol–water partition coefficient (Wildman–Crippen LogP) is 4.14. The van der Waals surface area contributed by atoms with Crippen LogP contribution in [0.2, 0.25) is 0 Å². The Bertz CT molecular complexity index is 366. The Morgan fingerprint density at radius 1 is 1.05 bits per heavy atom. The number of rotatable bonds is 8. The van der Waals surface area contributed by atoms with Crippen LogP contribution in [0.5, 0.6) is 0 Å². The summed E-state index contributed by atoms with van der Waals surface area (Å²) in [5.74, 6) is 0.662. The summed E-state index contributed by atoms with van der Waals surface area (Å²) in [4.78, 5) is 2.62. The Hall–Kier alpha value is -0.860. The molecule has 0 aliphatic rings. The molecule has 0 amide bonds. The monoisotopic (exact) mass is 276 g/mol. The van der Waals surface area contributed by atoms with Crippen molar-refractivity contribution in [1.29, 1.82) is 0 Å². The zero-order valence-corrected chi connectivity index (χ0v) is 13.9. The van der Waals surface area contributed by atoms with Crippen LogP contribution in [0.15, 0.2) is 24.3 Å². The number of hydrogen-bond donors (Lipinski definition) is 1. The van der Waals surface area contributed by atoms with Gasteiger partial charge in [-0.05, 0) is 31.2 Å². The minimum Gasteiger partial charge on any atom is -0.329 e. The molecule has 1 atom stereocenters. The molecule has 0 saturated heterocycles. The Morgan fingerprint density at radius 2 is 1.60 bits per heavy atom. The van der Waals surface area contributed by atoms with Gasteiger partial charge in [-0.25, -0.2) is 0 Å². The standard InChI is InChI=1S/C18H32N2/c1-6-17(7-2)20(13-14(3)4)18(12-19)16-10-8-15(5)9-11-16/h8-11,14,17-18H,6-7,12-13,19H2,1-5H3. The van der Waals surface area contributed by atoms with Crippen LogP contribution in [-0.4, -0.2) is 24.0 Å². The normalized spacial score (nSPS) is 13.4. The maximum Gasteiger partial charge on any atom is 0.0473 e. The van der Waals surface area contributed by atoms with Gasteiger partial charge in [0, 0.05) is 25.2 Å². The molecule has 20 heavy (non-hydrogen) atoms. The molecule has 1 unspecified atom stereocenters. The number of hydrogen-bond acceptors (Lipinski definition) is 2. The van der Waals surface area contributed by atoms with Crippen molar-refractivity contribution in [3.63, 3.8) is 0 Å². The second-order valence-electron chi connectivity index (χ2n) is 6.22. The van der Waals surface area contributed by atoms with Crippen LogP contribution < -0.4 is 5.73 Å². The molecule has 0 spiro atoms. The molecule has 1 aromatic rings. The summed E-state index contributed by atoms with van der Waals surface area (Å²) in [6.45, 7) is 13.1. The Kier molecular flexibility index (Phi) is 7.25. The fourth-order valence-electron chi connectivity index (χ4n) is 2.96. The van der Waals surface area contributed by atoms with E-state index in [1.54, 1.807) is 0 Å². The lowest BCUT2D eigenvalue weighted by molar-refractivity contribution is 0.112. The van der Waals surface area contributed by atoms with Gasteiger partial charge in [-0.1, -0.05) is 57.5 Å². The third-order valence-electron chi connectivity index (χ3n) is 4.07. The SMILES string of the molecule is CCC(CC)N(CC(C)C)C(CN)c1ccc(C)cc1. The number of nitrogens with zero attached hydrogens (tertiary/aromatic N) is 1. The lowest BCUT2D eigenvalue weighted by Crippen LogP contribution is -2.43. The van der Waals surface area contributed by atoms with Crippen LogP contribution in [0, 0.1) is 12.8 Å². The van der Waals surface area contributed by atoms with E-state index in [0.717, 1.165) is 6.54 Å². The van der Waals surface area contributed by atoms with Gasteiger partial charge in [0.15, 0.2) is 0 Å². The van der Waals surface area contributed by atoms with E-state index in [1.165, 1.54) is 24.0 Å². The fraction of sp³-hybridized carbons (Fsp3) is 0.667. The molecule has 1 rings (SSSR count). The summed E-state index contributed by atoms with van der Waals surface area (Å²) in [5.41, 5.74) is 8.79. The molecule has 114 valence electrons. The highest BCUT2D eigenvalue weighted by atomic mass is 15.2. The van der Waals surface area contributed by atoms with E-state index in [-0.39, 0.29) is 0 Å². The summed E-state index contributed by atoms with van der Waals surface area (Å²) in [6.07, 6.45) is 2.37. The third kappa shape index (κ3) is 4.60. The highest BCUT2D eigenvalue weighted by Crippen LogP contribution is 2.26. The van der Waals surface area contributed by atoms with Crippen molar-refractivity contribution >= 4 is 0 Å². The molecule has 2 heteroatoms. The molecule has 2 nitrogen and oxygen atoms in total. The maximum atomic E-state index is 6.13. The van der Waals surface area contributed by atoms with Gasteiger partial charge in [0.25, 0.3) is 0 Å². The topological polar surface area (TPSA) is 29.3 Å². The molecular formula is C18H32N2. The van der Waals surface area contributed by atoms with Gasteiger partial charge in [-0.15, -0.1) is 0 Å². The first-order chi connectivity index (χ1) is 9.53. The summed E-state index contributed by atoms with van der Waals surface area (Å²) < 4.78 is 0. The minimum atomic E-state index is 0.336. The second kappa shape index (κ2) is 8.43. The molecule has 0 aliphatic heterocycles. The van der Waals surface area contributed by atoms with Crippen molar-refractivity contribution < 1.29 is 0 Å². The first-order valence-electron chi connectivity index (χ1n) is 8.05. The smallest absolute Gasteiger partial charge is 0.0473 e. The van der Waals surface area contributed by atoms with Gasteiger partial charge >= 0.3 is 0 Å². The molecule has 2 N–H and O–H groups in total. The second-order valence-corrected chi connectivity index (χ2v) is 6.22. The van der Waals surface area contributed by atoms with E-state index in [9.17, 15) is 0 Å². The van der Waals surface area contributed by atoms with Gasteiger partial charge in [-0.3, -0.25) is 4.90 Å². The van der Waals surface area contributed by atoms with Crippen molar-refractivity contribution in [2.75, 3.05) is 13.1 Å². The van der Waals surface area contributed by atoms with Gasteiger partial charge in [0.05, 0.1) is 0 Å². The molecule has 0 fully saturated rings. The third-order valence-corrected chi connectivity index (χ3v) is 4.07. The summed E-state index contributed by atoms with van der Waals surface area (Å²) in [7, 11) is 0. The predicted molar refractivity (Wildman–Crippen MR) is 88.9 cm³/mol. The van der Waals surface area contributed by atoms with Gasteiger partial charge in [0.2, 0.25) is 0 Å². The molecule has 0 saturated carbocycles. The van der Waals surface area contributed by atoms with Crippen LogP contribution in [0.4, 0.5) is 0 Å². The highest BCUT2D eigenvalue weighted by molar-refractivity contribution is 5.24. The van der Waals surface area contributed by atoms with E-state index in [1.807, 2.05) is 0 Å². The average Bonchev–Trinajstić information content (AvgIpc) is 2.42. The molecule has 0 aliphatic carbocycles. The van der Waals surface area contributed by atoms with Crippen LogP contribution in [0.3, 0.4) is 0 Å². The van der Waals surface area contributed by atoms with E-state index >= 15 is 0 Å². The molecule has 0 radical (unpaired) electrons. The van der Waals surface area contributed by atoms with Gasteiger partial charge in [-0.2, -0.15) is 0 Å². The zero-order valence-electron chi connectivity index (χ0n) is 13.9. The molecule has 0 heterocycles. The summed E-state index contributed by atoms with van der Waals surface area (Å²) in [6, 6.07) is 9.82. The number of aryl methyl sites for hydroxylation is 1. The van der Waals surface area contributed by atoms with E-state index in [0.29, 0.717) is 24.5 Å². The van der Waals surface area contributed by atoms with Crippen molar-refractivity contribution in [1.82, 2.24) is 4.90 Å². The minimum absolute atomic E-state index is 0.336. The largest absolute Gasteiger partial charge is 0.329 e. The molecule has 1 aromatic carbocycles. The van der Waals surface area contributed by atoms with Gasteiger partial charge in [0.1, 0.15) is 0 Å². The van der Waals surface area contributed by atoms with Gasteiger partial charge < -0.3 is 5.73 Å². The first kappa shape index (κ1) is 17.2. The summed E-state index contributed by atoms with van der Waals surface area (Å²) >= 11 is 0. The number of nitrogens with two attached hydrogens (primary N) is 1. The van der Waals surface area contributed by atoms with Crippen molar-refractivity contribution in [3.8, 4) is 0 Å². The molecule has 0 bridgehead atoms. The Balaban J connectivity index is 3.03. The quantitative estimate of drug-likeness (QED) is 0.773. The number of benzene rings is 1. The summed E-state index contributed by atoms with van der Waals surface area (Å²) in [5, 5.41) is 0. The van der Waals surface area contributed by atoms with Crippen LogP contribution in [-0.2, 0) is 0 Å². The maximum absolute atomic E-state index is 6.13. The van der Waals surface area contributed by atoms with Crippen LogP contribution >= 0.6 is 0 Å².